The number of aliphatic carboxylic acids is 1. The van der Waals surface area contributed by atoms with Crippen molar-refractivity contribution in [1.29, 1.82) is 0 Å². The van der Waals surface area contributed by atoms with Crippen molar-refractivity contribution in [1.82, 2.24) is 0 Å². The minimum Gasteiger partial charge on any atom is -0.480 e. The first-order valence-electron chi connectivity index (χ1n) is 5.12. The van der Waals surface area contributed by atoms with Gasteiger partial charge >= 0.3 is 5.97 Å². The average molecular weight is 203 g/mol. The molecule has 0 unspecified atom stereocenters. The van der Waals surface area contributed by atoms with Crippen molar-refractivity contribution in [3.8, 4) is 0 Å². The highest BCUT2D eigenvalue weighted by Gasteiger charge is 2.11. The van der Waals surface area contributed by atoms with Crippen LogP contribution in [-0.4, -0.2) is 49.3 Å². The molecule has 0 aromatic rings. The van der Waals surface area contributed by atoms with E-state index in [-0.39, 0.29) is 0 Å². The Hall–Kier alpha value is -0.610. The van der Waals surface area contributed by atoms with Crippen LogP contribution in [-0.2, 0) is 4.79 Å². The lowest BCUT2D eigenvalue weighted by molar-refractivity contribution is -0.870. The Morgan fingerprint density at radius 3 is 2.29 bits per heavy atom. The number of carboxylic acid groups (broad SMARTS) is 1. The summed E-state index contributed by atoms with van der Waals surface area (Å²) < 4.78 is 0.963. The number of carboxylic acids is 1. The van der Waals surface area contributed by atoms with E-state index in [1.807, 2.05) is 0 Å². The zero-order valence-electron chi connectivity index (χ0n) is 9.49. The van der Waals surface area contributed by atoms with Crippen molar-refractivity contribution in [3.05, 3.63) is 0 Å². The lowest BCUT2D eigenvalue weighted by Gasteiger charge is -2.23. The Labute approximate surface area is 86.3 Å². The Kier molecular flexibility index (Phi) is 5.72. The second-order valence-corrected chi connectivity index (χ2v) is 4.81. The fourth-order valence-corrected chi connectivity index (χ4v) is 1.25. The van der Waals surface area contributed by atoms with Crippen molar-refractivity contribution >= 4 is 5.97 Å². The van der Waals surface area contributed by atoms with Crippen LogP contribution in [0, 0.1) is 0 Å². The third-order valence-corrected chi connectivity index (χ3v) is 2.16. The summed E-state index contributed by atoms with van der Waals surface area (Å²) in [6.07, 6.45) is 3.70. The average Bonchev–Trinajstić information content (AvgIpc) is 2.01. The Balaban J connectivity index is 3.35. The maximum absolute atomic E-state index is 10.4. The van der Waals surface area contributed by atoms with Gasteiger partial charge in [-0.15, -0.1) is 0 Å². The first-order valence-corrected chi connectivity index (χ1v) is 5.12. The van der Waals surface area contributed by atoms with E-state index in [1.54, 1.807) is 0 Å². The molecule has 4 heteroatoms. The normalized spacial score (nSPS) is 14.0. The fraction of sp³-hybridized carbons (Fsp3) is 0.900. The van der Waals surface area contributed by atoms with E-state index in [1.165, 1.54) is 0 Å². The molecule has 1 atom stereocenters. The Morgan fingerprint density at radius 1 is 1.29 bits per heavy atom. The molecule has 0 aromatic carbocycles. The van der Waals surface area contributed by atoms with Crippen LogP contribution in [0.25, 0.3) is 0 Å². The molecule has 0 aliphatic carbocycles. The van der Waals surface area contributed by atoms with Gasteiger partial charge in [-0.2, -0.15) is 0 Å². The maximum Gasteiger partial charge on any atom is 0.320 e. The number of hydrogen-bond donors (Lipinski definition) is 2. The van der Waals surface area contributed by atoms with Gasteiger partial charge in [-0.25, -0.2) is 0 Å². The smallest absolute Gasteiger partial charge is 0.320 e. The van der Waals surface area contributed by atoms with Crippen LogP contribution < -0.4 is 5.73 Å². The van der Waals surface area contributed by atoms with Crippen molar-refractivity contribution in [2.75, 3.05) is 27.7 Å². The zero-order valence-corrected chi connectivity index (χ0v) is 9.49. The lowest BCUT2D eigenvalue weighted by Crippen LogP contribution is -2.35. The van der Waals surface area contributed by atoms with E-state index in [0.29, 0.717) is 6.42 Å². The van der Waals surface area contributed by atoms with E-state index in [2.05, 4.69) is 21.1 Å². The second kappa shape index (κ2) is 5.98. The number of hydrogen-bond acceptors (Lipinski definition) is 2. The zero-order chi connectivity index (χ0) is 11.2. The van der Waals surface area contributed by atoms with Crippen molar-refractivity contribution < 1.29 is 14.4 Å². The van der Waals surface area contributed by atoms with E-state index in [4.69, 9.17) is 10.8 Å². The van der Waals surface area contributed by atoms with Crippen LogP contribution in [0.3, 0.4) is 0 Å². The molecule has 0 saturated carbocycles. The second-order valence-electron chi connectivity index (χ2n) is 4.81. The van der Waals surface area contributed by atoms with E-state index < -0.39 is 12.0 Å². The molecule has 4 nitrogen and oxygen atoms in total. The summed E-state index contributed by atoms with van der Waals surface area (Å²) in [5.41, 5.74) is 5.38. The molecule has 0 amide bonds. The van der Waals surface area contributed by atoms with Gasteiger partial charge in [0.15, 0.2) is 0 Å². The van der Waals surface area contributed by atoms with Gasteiger partial charge in [0.25, 0.3) is 0 Å². The Morgan fingerprint density at radius 2 is 1.86 bits per heavy atom. The molecule has 3 N–H and O–H groups in total. The molecule has 0 aliphatic heterocycles. The number of nitrogens with zero attached hydrogens (tertiary/aromatic N) is 1. The van der Waals surface area contributed by atoms with Crippen LogP contribution >= 0.6 is 0 Å². The van der Waals surface area contributed by atoms with Crippen LogP contribution in [0.4, 0.5) is 0 Å². The largest absolute Gasteiger partial charge is 0.480 e. The number of rotatable bonds is 7. The SMILES string of the molecule is C[N+](C)(C)CCCCC[C@@H](N)C(=O)O. The molecule has 0 rings (SSSR count). The highest BCUT2D eigenvalue weighted by molar-refractivity contribution is 5.72. The summed E-state index contributed by atoms with van der Waals surface area (Å²) in [5.74, 6) is -0.892. The lowest BCUT2D eigenvalue weighted by atomic mass is 10.1. The maximum atomic E-state index is 10.4. The van der Waals surface area contributed by atoms with Crippen LogP contribution in [0.2, 0.25) is 0 Å². The Bertz CT molecular complexity index is 175. The number of nitrogens with two attached hydrogens (primary N) is 1. The number of carbonyl (C=O) groups is 1. The minimum atomic E-state index is -0.892. The molecular weight excluding hydrogens is 180 g/mol. The van der Waals surface area contributed by atoms with Gasteiger partial charge in [0, 0.05) is 0 Å². The molecule has 0 heterocycles. The van der Waals surface area contributed by atoms with Crippen molar-refractivity contribution in [2.24, 2.45) is 5.73 Å². The molecule has 0 spiro atoms. The molecule has 0 saturated heterocycles. The monoisotopic (exact) mass is 203 g/mol. The van der Waals surface area contributed by atoms with E-state index in [0.717, 1.165) is 30.3 Å². The summed E-state index contributed by atoms with van der Waals surface area (Å²) in [4.78, 5) is 10.4. The van der Waals surface area contributed by atoms with Gasteiger partial charge in [0.1, 0.15) is 6.04 Å². The molecule has 14 heavy (non-hydrogen) atoms. The van der Waals surface area contributed by atoms with E-state index >= 15 is 0 Å². The molecule has 84 valence electrons. The molecule has 0 fully saturated rings. The summed E-state index contributed by atoms with van der Waals surface area (Å²) in [5, 5.41) is 8.54. The van der Waals surface area contributed by atoms with Crippen LogP contribution in [0.5, 0.6) is 0 Å². The third kappa shape index (κ3) is 8.01. The first-order chi connectivity index (χ1) is 6.33. The van der Waals surface area contributed by atoms with Gasteiger partial charge in [0.2, 0.25) is 0 Å². The molecule has 0 aromatic heterocycles. The van der Waals surface area contributed by atoms with Gasteiger partial charge < -0.3 is 15.3 Å². The van der Waals surface area contributed by atoms with Crippen LogP contribution in [0.1, 0.15) is 25.7 Å². The summed E-state index contributed by atoms with van der Waals surface area (Å²) in [7, 11) is 6.47. The van der Waals surface area contributed by atoms with Gasteiger partial charge in [-0.1, -0.05) is 6.42 Å². The molecule has 0 aliphatic rings. The highest BCUT2D eigenvalue weighted by Crippen LogP contribution is 2.04. The summed E-state index contributed by atoms with van der Waals surface area (Å²) >= 11 is 0. The first kappa shape index (κ1) is 13.4. The van der Waals surface area contributed by atoms with Crippen LogP contribution in [0.15, 0.2) is 0 Å². The third-order valence-electron chi connectivity index (χ3n) is 2.16. The molecular formula is C10H23N2O2+. The predicted octanol–water partition coefficient (Wildman–Crippen LogP) is 0.665. The van der Waals surface area contributed by atoms with Crippen molar-refractivity contribution in [2.45, 2.75) is 31.7 Å². The quantitative estimate of drug-likeness (QED) is 0.472. The summed E-state index contributed by atoms with van der Waals surface area (Å²) in [6.45, 7) is 1.13. The minimum absolute atomic E-state index is 0.590. The predicted molar refractivity (Wildman–Crippen MR) is 57.0 cm³/mol. The standard InChI is InChI=1S/C10H22N2O2/c1-12(2,3)8-6-4-5-7-9(11)10(13)14/h9H,4-8,11H2,1-3H3/p+1/t9-/m1/s1. The fourth-order valence-electron chi connectivity index (χ4n) is 1.25. The highest BCUT2D eigenvalue weighted by atomic mass is 16.4. The van der Waals surface area contributed by atoms with Gasteiger partial charge in [0.05, 0.1) is 27.7 Å². The molecule has 0 radical (unpaired) electrons. The van der Waals surface area contributed by atoms with Crippen molar-refractivity contribution in [3.63, 3.8) is 0 Å². The van der Waals surface area contributed by atoms with E-state index in [9.17, 15) is 4.79 Å². The van der Waals surface area contributed by atoms with Gasteiger partial charge in [-0.05, 0) is 19.3 Å². The molecule has 0 bridgehead atoms. The van der Waals surface area contributed by atoms with Gasteiger partial charge in [-0.3, -0.25) is 4.79 Å². The topological polar surface area (TPSA) is 63.3 Å². The summed E-state index contributed by atoms with van der Waals surface area (Å²) in [6, 6.07) is -0.681. The number of unbranched alkanes of at least 4 members (excludes halogenated alkanes) is 2. The number of quaternary nitrogens is 1.